The van der Waals surface area contributed by atoms with Gasteiger partial charge in [-0.2, -0.15) is 0 Å². The molecule has 1 aliphatic carbocycles. The van der Waals surface area contributed by atoms with Crippen LogP contribution in [0.2, 0.25) is 5.02 Å². The number of methoxy groups -OCH3 is 1. The van der Waals surface area contributed by atoms with E-state index in [0.29, 0.717) is 6.04 Å². The predicted molar refractivity (Wildman–Crippen MR) is 85.4 cm³/mol. The molecule has 2 nitrogen and oxygen atoms in total. The molecular weight excluding hydrogens is 326 g/mol. The summed E-state index contributed by atoms with van der Waals surface area (Å²) in [5, 5.41) is 4.33. The highest BCUT2D eigenvalue weighted by molar-refractivity contribution is 9.10. The van der Waals surface area contributed by atoms with Crippen LogP contribution in [0.4, 0.5) is 5.69 Å². The summed E-state index contributed by atoms with van der Waals surface area (Å²) in [4.78, 5) is 0. The molecule has 2 rings (SSSR count). The second-order valence-electron chi connectivity index (χ2n) is 5.15. The molecule has 1 fully saturated rings. The van der Waals surface area contributed by atoms with Crippen molar-refractivity contribution < 1.29 is 4.74 Å². The summed E-state index contributed by atoms with van der Waals surface area (Å²) >= 11 is 9.63. The van der Waals surface area contributed by atoms with E-state index in [1.807, 2.05) is 12.1 Å². The van der Waals surface area contributed by atoms with E-state index in [0.717, 1.165) is 20.9 Å². The van der Waals surface area contributed by atoms with Crippen molar-refractivity contribution in [2.75, 3.05) is 12.4 Å². The third-order valence-electron chi connectivity index (χ3n) is 3.68. The third-order valence-corrected chi connectivity index (χ3v) is 4.48. The molecule has 0 atom stereocenters. The maximum atomic E-state index is 6.13. The largest absolute Gasteiger partial charge is 0.493 e. The topological polar surface area (TPSA) is 21.3 Å². The lowest BCUT2D eigenvalue weighted by Gasteiger charge is -2.23. The van der Waals surface area contributed by atoms with Gasteiger partial charge in [0.2, 0.25) is 0 Å². The van der Waals surface area contributed by atoms with Gasteiger partial charge in [-0.15, -0.1) is 0 Å². The van der Waals surface area contributed by atoms with E-state index in [9.17, 15) is 0 Å². The third kappa shape index (κ3) is 4.28. The number of benzene rings is 1. The van der Waals surface area contributed by atoms with E-state index in [4.69, 9.17) is 16.3 Å². The van der Waals surface area contributed by atoms with Gasteiger partial charge in [0, 0.05) is 11.1 Å². The SMILES string of the molecule is COc1c(Br)cc(Cl)cc1NC1CCCCCCC1. The number of nitrogens with one attached hydrogen (secondary N) is 1. The van der Waals surface area contributed by atoms with Crippen LogP contribution in [0.3, 0.4) is 0 Å². The van der Waals surface area contributed by atoms with Crippen LogP contribution in [0.15, 0.2) is 16.6 Å². The molecule has 0 saturated heterocycles. The van der Waals surface area contributed by atoms with Gasteiger partial charge >= 0.3 is 0 Å². The molecule has 0 heterocycles. The van der Waals surface area contributed by atoms with E-state index < -0.39 is 0 Å². The summed E-state index contributed by atoms with van der Waals surface area (Å²) in [6.45, 7) is 0. The van der Waals surface area contributed by atoms with Crippen LogP contribution in [-0.4, -0.2) is 13.2 Å². The minimum Gasteiger partial charge on any atom is -0.493 e. The molecule has 1 saturated carbocycles. The molecule has 0 amide bonds. The number of rotatable bonds is 3. The first-order valence-electron chi connectivity index (χ1n) is 7.00. The molecule has 0 bridgehead atoms. The average Bonchev–Trinajstić information content (AvgIpc) is 2.32. The summed E-state index contributed by atoms with van der Waals surface area (Å²) in [5.41, 5.74) is 0.993. The van der Waals surface area contributed by atoms with E-state index in [-0.39, 0.29) is 0 Å². The minimum absolute atomic E-state index is 0.527. The van der Waals surface area contributed by atoms with Gasteiger partial charge in [0.05, 0.1) is 17.3 Å². The Labute approximate surface area is 129 Å². The second-order valence-corrected chi connectivity index (χ2v) is 6.45. The zero-order valence-corrected chi connectivity index (χ0v) is 13.7. The first-order chi connectivity index (χ1) is 9.20. The molecule has 0 aliphatic heterocycles. The van der Waals surface area contributed by atoms with Gasteiger partial charge in [0.1, 0.15) is 0 Å². The normalized spacial score (nSPS) is 17.6. The Morgan fingerprint density at radius 2 is 1.79 bits per heavy atom. The van der Waals surface area contributed by atoms with Crippen molar-refractivity contribution in [2.45, 2.75) is 51.0 Å². The number of hydrogen-bond donors (Lipinski definition) is 1. The lowest BCUT2D eigenvalue weighted by atomic mass is 9.96. The van der Waals surface area contributed by atoms with Crippen LogP contribution < -0.4 is 10.1 Å². The van der Waals surface area contributed by atoms with Crippen molar-refractivity contribution in [3.05, 3.63) is 21.6 Å². The Bertz CT molecular complexity index is 417. The quantitative estimate of drug-likeness (QED) is 0.765. The Hall–Kier alpha value is -0.410. The molecule has 1 N–H and O–H groups in total. The van der Waals surface area contributed by atoms with E-state index in [2.05, 4.69) is 21.2 Å². The smallest absolute Gasteiger partial charge is 0.156 e. The molecule has 0 unspecified atom stereocenters. The zero-order valence-electron chi connectivity index (χ0n) is 11.3. The van der Waals surface area contributed by atoms with Gasteiger partial charge in [-0.05, 0) is 40.9 Å². The molecule has 0 aromatic heterocycles. The monoisotopic (exact) mass is 345 g/mol. The zero-order chi connectivity index (χ0) is 13.7. The van der Waals surface area contributed by atoms with Crippen molar-refractivity contribution in [1.82, 2.24) is 0 Å². The van der Waals surface area contributed by atoms with Crippen LogP contribution in [-0.2, 0) is 0 Å². The maximum absolute atomic E-state index is 6.13. The Morgan fingerprint density at radius 3 is 2.42 bits per heavy atom. The summed E-state index contributed by atoms with van der Waals surface area (Å²) in [6, 6.07) is 4.34. The van der Waals surface area contributed by atoms with Gasteiger partial charge in [-0.25, -0.2) is 0 Å². The van der Waals surface area contributed by atoms with Crippen molar-refractivity contribution in [3.63, 3.8) is 0 Å². The van der Waals surface area contributed by atoms with E-state index >= 15 is 0 Å². The molecule has 1 aliphatic rings. The predicted octanol–water partition coefficient (Wildman–Crippen LogP) is 5.64. The Balaban J connectivity index is 2.12. The van der Waals surface area contributed by atoms with Gasteiger partial charge < -0.3 is 10.1 Å². The van der Waals surface area contributed by atoms with Gasteiger partial charge in [0.25, 0.3) is 0 Å². The molecule has 19 heavy (non-hydrogen) atoms. The van der Waals surface area contributed by atoms with Crippen LogP contribution >= 0.6 is 27.5 Å². The van der Waals surface area contributed by atoms with Crippen molar-refractivity contribution in [2.24, 2.45) is 0 Å². The Kier molecular flexibility index (Phi) is 5.83. The van der Waals surface area contributed by atoms with Crippen molar-refractivity contribution >= 4 is 33.2 Å². The number of hydrogen-bond acceptors (Lipinski definition) is 2. The highest BCUT2D eigenvalue weighted by atomic mass is 79.9. The number of halogens is 2. The molecule has 0 spiro atoms. The van der Waals surface area contributed by atoms with Crippen LogP contribution in [0.1, 0.15) is 44.9 Å². The first kappa shape index (κ1) is 15.0. The van der Waals surface area contributed by atoms with Crippen LogP contribution in [0, 0.1) is 0 Å². The maximum Gasteiger partial charge on any atom is 0.156 e. The molecule has 0 radical (unpaired) electrons. The van der Waals surface area contributed by atoms with E-state index in [1.165, 1.54) is 44.9 Å². The van der Waals surface area contributed by atoms with Crippen LogP contribution in [0.25, 0.3) is 0 Å². The highest BCUT2D eigenvalue weighted by Crippen LogP contribution is 2.37. The highest BCUT2D eigenvalue weighted by Gasteiger charge is 2.15. The standard InChI is InChI=1S/C15H21BrClNO/c1-19-15-13(16)9-11(17)10-14(15)18-12-7-5-3-2-4-6-8-12/h9-10,12,18H,2-8H2,1H3. The molecule has 1 aromatic carbocycles. The van der Waals surface area contributed by atoms with Gasteiger partial charge in [0.15, 0.2) is 5.75 Å². The lowest BCUT2D eigenvalue weighted by molar-refractivity contribution is 0.411. The fourth-order valence-corrected chi connectivity index (χ4v) is 3.67. The average molecular weight is 347 g/mol. The van der Waals surface area contributed by atoms with Crippen molar-refractivity contribution in [3.8, 4) is 5.75 Å². The number of anilines is 1. The fourth-order valence-electron chi connectivity index (χ4n) is 2.70. The van der Waals surface area contributed by atoms with Crippen molar-refractivity contribution in [1.29, 1.82) is 0 Å². The van der Waals surface area contributed by atoms with Crippen LogP contribution in [0.5, 0.6) is 5.75 Å². The molecule has 1 aromatic rings. The first-order valence-corrected chi connectivity index (χ1v) is 8.17. The Morgan fingerprint density at radius 1 is 1.16 bits per heavy atom. The summed E-state index contributed by atoms with van der Waals surface area (Å²) in [5.74, 6) is 0.839. The molecule has 4 heteroatoms. The van der Waals surface area contributed by atoms with Gasteiger partial charge in [-0.3, -0.25) is 0 Å². The van der Waals surface area contributed by atoms with Gasteiger partial charge in [-0.1, -0.05) is 43.7 Å². The molecular formula is C15H21BrClNO. The molecule has 106 valence electrons. The minimum atomic E-state index is 0.527. The second kappa shape index (κ2) is 7.39. The summed E-state index contributed by atoms with van der Waals surface area (Å²) < 4.78 is 6.36. The fraction of sp³-hybridized carbons (Fsp3) is 0.600. The number of ether oxygens (including phenoxy) is 1. The summed E-state index contributed by atoms with van der Waals surface area (Å²) in [7, 11) is 1.69. The summed E-state index contributed by atoms with van der Waals surface area (Å²) in [6.07, 6.45) is 9.17. The van der Waals surface area contributed by atoms with E-state index in [1.54, 1.807) is 7.11 Å². The lowest BCUT2D eigenvalue weighted by Crippen LogP contribution is -2.21.